The number of carboxylic acid groups (broad SMARTS) is 1. The lowest BCUT2D eigenvalue weighted by molar-refractivity contribution is -0.145. The highest BCUT2D eigenvalue weighted by atomic mass is 32.1. The predicted octanol–water partition coefficient (Wildman–Crippen LogP) is 3.04. The normalized spacial score (nSPS) is 11.7. The van der Waals surface area contributed by atoms with Crippen molar-refractivity contribution in [3.8, 4) is 0 Å². The lowest BCUT2D eigenvalue weighted by Crippen LogP contribution is -2.50. The predicted molar refractivity (Wildman–Crippen MR) is 71.5 cm³/mol. The summed E-state index contributed by atoms with van der Waals surface area (Å²) < 4.78 is 0. The third-order valence-electron chi connectivity index (χ3n) is 3.28. The highest BCUT2D eigenvalue weighted by Gasteiger charge is 2.33. The van der Waals surface area contributed by atoms with Crippen molar-refractivity contribution < 1.29 is 9.90 Å². The average molecular weight is 255 g/mol. The van der Waals surface area contributed by atoms with Crippen LogP contribution in [-0.2, 0) is 17.8 Å². The minimum Gasteiger partial charge on any atom is -0.480 e. The number of thiophene rings is 1. The highest BCUT2D eigenvalue weighted by molar-refractivity contribution is 7.11. The largest absolute Gasteiger partial charge is 0.480 e. The van der Waals surface area contributed by atoms with Gasteiger partial charge in [-0.3, -0.25) is 10.1 Å². The van der Waals surface area contributed by atoms with Crippen molar-refractivity contribution in [2.75, 3.05) is 0 Å². The Morgan fingerprint density at radius 1 is 1.29 bits per heavy atom. The van der Waals surface area contributed by atoms with Crippen molar-refractivity contribution in [3.05, 3.63) is 21.9 Å². The molecule has 0 aliphatic rings. The fraction of sp³-hybridized carbons (Fsp3) is 0.615. The van der Waals surface area contributed by atoms with Gasteiger partial charge in [0, 0.05) is 16.3 Å². The van der Waals surface area contributed by atoms with Crippen molar-refractivity contribution in [2.24, 2.45) is 0 Å². The van der Waals surface area contributed by atoms with Gasteiger partial charge in [0.1, 0.15) is 5.54 Å². The second-order valence-electron chi connectivity index (χ2n) is 4.17. The number of nitrogens with one attached hydrogen (secondary N) is 1. The van der Waals surface area contributed by atoms with E-state index in [1.807, 2.05) is 13.8 Å². The molecule has 0 spiro atoms. The molecule has 0 aliphatic carbocycles. The molecule has 1 aromatic heterocycles. The van der Waals surface area contributed by atoms with E-state index in [2.05, 4.69) is 24.4 Å². The molecule has 0 saturated heterocycles. The summed E-state index contributed by atoms with van der Waals surface area (Å²) in [4.78, 5) is 13.9. The molecule has 1 rings (SSSR count). The number of aliphatic carboxylic acids is 1. The molecule has 1 heterocycles. The average Bonchev–Trinajstić information content (AvgIpc) is 2.78. The Kier molecular flexibility index (Phi) is 5.15. The first kappa shape index (κ1) is 14.2. The highest BCUT2D eigenvalue weighted by Crippen LogP contribution is 2.20. The minimum absolute atomic E-state index is 0.602. The Morgan fingerprint density at radius 2 is 1.88 bits per heavy atom. The monoisotopic (exact) mass is 255 g/mol. The van der Waals surface area contributed by atoms with Gasteiger partial charge in [0.05, 0.1) is 0 Å². The van der Waals surface area contributed by atoms with Crippen LogP contribution in [-0.4, -0.2) is 16.6 Å². The van der Waals surface area contributed by atoms with Gasteiger partial charge in [0.15, 0.2) is 0 Å². The molecule has 0 atom stereocenters. The smallest absolute Gasteiger partial charge is 0.323 e. The molecule has 3 nitrogen and oxygen atoms in total. The molecule has 0 unspecified atom stereocenters. The summed E-state index contributed by atoms with van der Waals surface area (Å²) in [6, 6.07) is 4.19. The molecular formula is C13H21NO2S. The van der Waals surface area contributed by atoms with Gasteiger partial charge in [-0.15, -0.1) is 11.3 Å². The van der Waals surface area contributed by atoms with Gasteiger partial charge in [0.2, 0.25) is 0 Å². The Bertz CT molecular complexity index is 369. The maximum atomic E-state index is 11.3. The molecule has 0 aromatic carbocycles. The summed E-state index contributed by atoms with van der Waals surface area (Å²) in [7, 11) is 0. The Labute approximate surface area is 107 Å². The van der Waals surface area contributed by atoms with Crippen LogP contribution in [0.3, 0.4) is 0 Å². The van der Waals surface area contributed by atoms with E-state index in [1.54, 1.807) is 11.3 Å². The van der Waals surface area contributed by atoms with Crippen molar-refractivity contribution in [3.63, 3.8) is 0 Å². The van der Waals surface area contributed by atoms with Gasteiger partial charge in [-0.1, -0.05) is 20.8 Å². The number of carboxylic acids is 1. The Balaban J connectivity index is 2.66. The van der Waals surface area contributed by atoms with Crippen molar-refractivity contribution >= 4 is 17.3 Å². The van der Waals surface area contributed by atoms with Crippen LogP contribution < -0.4 is 5.32 Å². The van der Waals surface area contributed by atoms with E-state index >= 15 is 0 Å². The summed E-state index contributed by atoms with van der Waals surface area (Å²) in [5, 5.41) is 12.5. The van der Waals surface area contributed by atoms with Crippen LogP contribution in [0.2, 0.25) is 0 Å². The van der Waals surface area contributed by atoms with Gasteiger partial charge in [0.25, 0.3) is 0 Å². The first-order valence-electron chi connectivity index (χ1n) is 6.14. The van der Waals surface area contributed by atoms with Crippen LogP contribution in [0, 0.1) is 0 Å². The van der Waals surface area contributed by atoms with Crippen molar-refractivity contribution in [1.29, 1.82) is 0 Å². The van der Waals surface area contributed by atoms with Crippen LogP contribution in [0.4, 0.5) is 0 Å². The molecule has 96 valence electrons. The lowest BCUT2D eigenvalue weighted by atomic mass is 9.93. The molecule has 0 aliphatic heterocycles. The zero-order valence-electron chi connectivity index (χ0n) is 10.7. The first-order chi connectivity index (χ1) is 8.07. The van der Waals surface area contributed by atoms with E-state index < -0.39 is 11.5 Å². The van der Waals surface area contributed by atoms with Crippen LogP contribution in [0.5, 0.6) is 0 Å². The molecule has 0 fully saturated rings. The van der Waals surface area contributed by atoms with E-state index in [-0.39, 0.29) is 0 Å². The molecule has 4 heteroatoms. The van der Waals surface area contributed by atoms with Crippen LogP contribution >= 0.6 is 11.3 Å². The summed E-state index contributed by atoms with van der Waals surface area (Å²) in [5.41, 5.74) is -0.781. The van der Waals surface area contributed by atoms with Crippen LogP contribution in [0.1, 0.15) is 43.4 Å². The molecule has 0 radical (unpaired) electrons. The molecule has 0 bridgehead atoms. The SMILES string of the molecule is CCc1ccc(CNC(CC)(CC)C(=O)O)s1. The van der Waals surface area contributed by atoms with Crippen molar-refractivity contribution in [1.82, 2.24) is 5.32 Å². The fourth-order valence-electron chi connectivity index (χ4n) is 1.84. The number of aryl methyl sites for hydroxylation is 1. The number of hydrogen-bond donors (Lipinski definition) is 2. The van der Waals surface area contributed by atoms with Gasteiger partial charge < -0.3 is 5.11 Å². The van der Waals surface area contributed by atoms with E-state index in [0.717, 1.165) is 6.42 Å². The topological polar surface area (TPSA) is 49.3 Å². The van der Waals surface area contributed by atoms with Crippen LogP contribution in [0.25, 0.3) is 0 Å². The summed E-state index contributed by atoms with van der Waals surface area (Å²) in [5.74, 6) is -0.755. The van der Waals surface area contributed by atoms with E-state index in [0.29, 0.717) is 19.4 Å². The van der Waals surface area contributed by atoms with Crippen molar-refractivity contribution in [2.45, 2.75) is 52.1 Å². The van der Waals surface area contributed by atoms with Gasteiger partial charge in [-0.25, -0.2) is 0 Å². The summed E-state index contributed by atoms with van der Waals surface area (Å²) in [6.07, 6.45) is 2.24. The molecule has 2 N–H and O–H groups in total. The fourth-order valence-corrected chi connectivity index (χ4v) is 2.74. The van der Waals surface area contributed by atoms with E-state index in [1.165, 1.54) is 9.75 Å². The van der Waals surface area contributed by atoms with E-state index in [9.17, 15) is 9.90 Å². The minimum atomic E-state index is -0.781. The van der Waals surface area contributed by atoms with Gasteiger partial charge in [-0.05, 0) is 31.4 Å². The van der Waals surface area contributed by atoms with E-state index in [4.69, 9.17) is 0 Å². The summed E-state index contributed by atoms with van der Waals surface area (Å²) in [6.45, 7) is 6.59. The molecular weight excluding hydrogens is 234 g/mol. The van der Waals surface area contributed by atoms with Crippen LogP contribution in [0.15, 0.2) is 12.1 Å². The maximum Gasteiger partial charge on any atom is 0.323 e. The number of rotatable bonds is 7. The zero-order valence-corrected chi connectivity index (χ0v) is 11.6. The second-order valence-corrected chi connectivity index (χ2v) is 5.42. The first-order valence-corrected chi connectivity index (χ1v) is 6.95. The van der Waals surface area contributed by atoms with Gasteiger partial charge >= 0.3 is 5.97 Å². The molecule has 1 aromatic rings. The quantitative estimate of drug-likeness (QED) is 0.787. The molecule has 17 heavy (non-hydrogen) atoms. The number of carbonyl (C=O) groups is 1. The molecule has 0 saturated carbocycles. The zero-order chi connectivity index (χ0) is 12.9. The maximum absolute atomic E-state index is 11.3. The van der Waals surface area contributed by atoms with Gasteiger partial charge in [-0.2, -0.15) is 0 Å². The Morgan fingerprint density at radius 3 is 2.29 bits per heavy atom. The Hall–Kier alpha value is -0.870. The standard InChI is InChI=1S/C13H21NO2S/c1-4-10-7-8-11(17-10)9-14-13(5-2,6-3)12(15)16/h7-8,14H,4-6,9H2,1-3H3,(H,15,16). The third-order valence-corrected chi connectivity index (χ3v) is 4.51. The second kappa shape index (κ2) is 6.17. The summed E-state index contributed by atoms with van der Waals surface area (Å²) >= 11 is 1.75. The number of hydrogen-bond acceptors (Lipinski definition) is 3. The third kappa shape index (κ3) is 3.30. The lowest BCUT2D eigenvalue weighted by Gasteiger charge is -2.27. The molecule has 0 amide bonds.